The summed E-state index contributed by atoms with van der Waals surface area (Å²) in [6.45, 7) is 9.19. The van der Waals surface area contributed by atoms with E-state index < -0.39 is 5.82 Å². The molecule has 0 aliphatic carbocycles. The number of anilines is 2. The van der Waals surface area contributed by atoms with Crippen molar-refractivity contribution in [2.45, 2.75) is 20.3 Å². The van der Waals surface area contributed by atoms with Gasteiger partial charge in [-0.25, -0.2) is 4.39 Å². The third-order valence-corrected chi connectivity index (χ3v) is 6.20. The quantitative estimate of drug-likeness (QED) is 0.125. The van der Waals surface area contributed by atoms with Crippen LogP contribution < -0.4 is 15.6 Å². The molecular formula is C23H25ClFN5OS. The number of benzene rings is 2. The lowest BCUT2D eigenvalue weighted by atomic mass is 9.98. The van der Waals surface area contributed by atoms with Gasteiger partial charge >= 0.3 is 0 Å². The molecule has 0 aliphatic heterocycles. The maximum atomic E-state index is 15.7. The van der Waals surface area contributed by atoms with Crippen LogP contribution in [0.5, 0.6) is 0 Å². The molecule has 6 nitrogen and oxygen atoms in total. The van der Waals surface area contributed by atoms with Crippen LogP contribution in [0.4, 0.5) is 15.1 Å². The Morgan fingerprint density at radius 1 is 1.34 bits per heavy atom. The number of aryl methyl sites for hydroxylation is 1. The largest absolute Gasteiger partial charge is 0.360 e. The molecule has 0 saturated heterocycles. The molecule has 0 radical (unpaired) electrons. The summed E-state index contributed by atoms with van der Waals surface area (Å²) in [4.78, 5) is 12.7. The minimum absolute atomic E-state index is 0.278. The Morgan fingerprint density at radius 2 is 2.16 bits per heavy atom. The molecule has 0 spiro atoms. The van der Waals surface area contributed by atoms with E-state index in [0.29, 0.717) is 47.6 Å². The zero-order valence-electron chi connectivity index (χ0n) is 18.0. The smallest absolute Gasteiger partial charge is 0.207 e. The van der Waals surface area contributed by atoms with Gasteiger partial charge in [0.1, 0.15) is 10.5 Å². The lowest BCUT2D eigenvalue weighted by Gasteiger charge is -2.22. The van der Waals surface area contributed by atoms with Crippen molar-refractivity contribution in [2.24, 2.45) is 5.10 Å². The van der Waals surface area contributed by atoms with E-state index in [0.717, 1.165) is 22.7 Å². The third-order valence-electron chi connectivity index (χ3n) is 4.98. The normalized spacial score (nSPS) is 11.1. The fourth-order valence-electron chi connectivity index (χ4n) is 3.39. The minimum Gasteiger partial charge on any atom is -0.360 e. The Labute approximate surface area is 195 Å². The van der Waals surface area contributed by atoms with E-state index in [1.54, 1.807) is 19.2 Å². The van der Waals surface area contributed by atoms with Gasteiger partial charge < -0.3 is 10.2 Å². The predicted octanol–water partition coefficient (Wildman–Crippen LogP) is 5.61. The van der Waals surface area contributed by atoms with E-state index in [1.807, 2.05) is 31.2 Å². The lowest BCUT2D eigenvalue weighted by molar-refractivity contribution is -0.109. The first-order chi connectivity index (χ1) is 15.5. The van der Waals surface area contributed by atoms with E-state index in [2.05, 4.69) is 31.7 Å². The zero-order valence-corrected chi connectivity index (χ0v) is 19.6. The van der Waals surface area contributed by atoms with Gasteiger partial charge in [0.25, 0.3) is 0 Å². The second-order valence-corrected chi connectivity index (χ2v) is 8.26. The summed E-state index contributed by atoms with van der Waals surface area (Å²) < 4.78 is 20.1. The molecule has 1 amide bonds. The highest BCUT2D eigenvalue weighted by Crippen LogP contribution is 2.42. The number of carbonyl (C=O) groups is 1. The van der Waals surface area contributed by atoms with Crippen molar-refractivity contribution in [1.82, 2.24) is 9.69 Å². The van der Waals surface area contributed by atoms with Crippen LogP contribution in [-0.4, -0.2) is 36.6 Å². The number of rotatable bonds is 11. The molecule has 168 valence electrons. The predicted molar refractivity (Wildman–Crippen MR) is 134 cm³/mol. The SMILES string of the molecule is C=CCCN(CCNC=O)c1snc2c(F)c(-c3cc(N/N=C\C)ccc3C)c(Cl)cc12. The van der Waals surface area contributed by atoms with Crippen molar-refractivity contribution in [2.75, 3.05) is 30.0 Å². The van der Waals surface area contributed by atoms with E-state index >= 15 is 4.39 Å². The first kappa shape index (κ1) is 23.7. The van der Waals surface area contributed by atoms with Crippen molar-refractivity contribution in [3.8, 4) is 11.1 Å². The van der Waals surface area contributed by atoms with E-state index in [9.17, 15) is 4.79 Å². The van der Waals surface area contributed by atoms with Crippen LogP contribution >= 0.6 is 23.1 Å². The standard InChI is InChI=1S/C23H25ClFN5OS/c1-4-6-10-30(11-9-26-14-31)23-18-13-19(24)20(21(25)22(18)29-32-23)17-12-16(28-27-5-2)8-7-15(17)3/h4-5,7-8,12-14,28H,1,6,9-11H2,2-3H3,(H,26,31)/b27-5-. The van der Waals surface area contributed by atoms with Gasteiger partial charge in [0, 0.05) is 36.8 Å². The van der Waals surface area contributed by atoms with Crippen LogP contribution in [0, 0.1) is 12.7 Å². The van der Waals surface area contributed by atoms with Crippen LogP contribution in [0.1, 0.15) is 18.9 Å². The fraction of sp³-hybridized carbons (Fsp3) is 0.261. The molecule has 0 bridgehead atoms. The number of hydrazone groups is 1. The highest BCUT2D eigenvalue weighted by molar-refractivity contribution is 7.11. The summed E-state index contributed by atoms with van der Waals surface area (Å²) in [5.41, 5.74) is 5.81. The van der Waals surface area contributed by atoms with E-state index in [-0.39, 0.29) is 5.52 Å². The lowest BCUT2D eigenvalue weighted by Crippen LogP contribution is -2.31. The van der Waals surface area contributed by atoms with Crippen molar-refractivity contribution >= 4 is 57.3 Å². The first-order valence-corrected chi connectivity index (χ1v) is 11.3. The molecule has 0 fully saturated rings. The molecule has 32 heavy (non-hydrogen) atoms. The molecule has 0 saturated carbocycles. The molecule has 3 rings (SSSR count). The van der Waals surface area contributed by atoms with Crippen LogP contribution in [0.3, 0.4) is 0 Å². The molecule has 1 heterocycles. The summed E-state index contributed by atoms with van der Waals surface area (Å²) in [5, 5.41) is 8.47. The summed E-state index contributed by atoms with van der Waals surface area (Å²) >= 11 is 7.85. The molecule has 1 aromatic heterocycles. The number of hydrogen-bond donors (Lipinski definition) is 2. The van der Waals surface area contributed by atoms with Gasteiger partial charge in [0.15, 0.2) is 5.82 Å². The van der Waals surface area contributed by atoms with E-state index in [4.69, 9.17) is 11.6 Å². The topological polar surface area (TPSA) is 69.6 Å². The molecule has 0 aliphatic rings. The average Bonchev–Trinajstić information content (AvgIpc) is 3.20. The van der Waals surface area contributed by atoms with Crippen LogP contribution in [-0.2, 0) is 4.79 Å². The highest BCUT2D eigenvalue weighted by Gasteiger charge is 2.22. The number of amides is 1. The molecule has 9 heteroatoms. The summed E-state index contributed by atoms with van der Waals surface area (Å²) in [5.74, 6) is -0.455. The van der Waals surface area contributed by atoms with Gasteiger partial charge in [-0.3, -0.25) is 10.2 Å². The van der Waals surface area contributed by atoms with Gasteiger partial charge in [0.2, 0.25) is 6.41 Å². The number of aromatic nitrogens is 1. The molecule has 3 aromatic rings. The molecule has 0 unspecified atom stereocenters. The number of fused-ring (bicyclic) bond motifs is 1. The number of nitrogens with one attached hydrogen (secondary N) is 2. The summed E-state index contributed by atoms with van der Waals surface area (Å²) in [6.07, 6.45) is 4.87. The van der Waals surface area contributed by atoms with Gasteiger partial charge in [0.05, 0.1) is 10.7 Å². The highest BCUT2D eigenvalue weighted by atomic mass is 35.5. The minimum atomic E-state index is -0.455. The Hall–Kier alpha value is -2.97. The summed E-state index contributed by atoms with van der Waals surface area (Å²) in [7, 11) is 0. The second-order valence-electron chi connectivity index (χ2n) is 7.10. The van der Waals surface area contributed by atoms with Crippen LogP contribution in [0.2, 0.25) is 5.02 Å². The van der Waals surface area contributed by atoms with Crippen molar-refractivity contribution in [1.29, 1.82) is 0 Å². The van der Waals surface area contributed by atoms with Crippen molar-refractivity contribution in [3.63, 3.8) is 0 Å². The Kier molecular flexibility index (Phi) is 8.19. The van der Waals surface area contributed by atoms with Crippen molar-refractivity contribution < 1.29 is 9.18 Å². The summed E-state index contributed by atoms with van der Waals surface area (Å²) in [6, 6.07) is 7.37. The first-order valence-electron chi connectivity index (χ1n) is 10.2. The average molecular weight is 474 g/mol. The van der Waals surface area contributed by atoms with Gasteiger partial charge in [-0.15, -0.1) is 6.58 Å². The molecule has 2 aromatic carbocycles. The van der Waals surface area contributed by atoms with E-state index in [1.165, 1.54) is 11.5 Å². The fourth-order valence-corrected chi connectivity index (χ4v) is 4.60. The van der Waals surface area contributed by atoms with Gasteiger partial charge in [-0.2, -0.15) is 9.47 Å². The monoisotopic (exact) mass is 473 g/mol. The molecule has 2 N–H and O–H groups in total. The maximum absolute atomic E-state index is 15.7. The number of nitrogens with zero attached hydrogens (tertiary/aromatic N) is 3. The van der Waals surface area contributed by atoms with Crippen molar-refractivity contribution in [3.05, 3.63) is 53.3 Å². The maximum Gasteiger partial charge on any atom is 0.207 e. The Balaban J connectivity index is 2.08. The number of carbonyl (C=O) groups excluding carboxylic acids is 1. The number of halogens is 2. The van der Waals surface area contributed by atoms with Crippen LogP contribution in [0.25, 0.3) is 22.0 Å². The molecule has 0 atom stereocenters. The van der Waals surface area contributed by atoms with Crippen LogP contribution in [0.15, 0.2) is 42.0 Å². The third kappa shape index (κ3) is 5.08. The second kappa shape index (κ2) is 11.1. The Bertz CT molecular complexity index is 1150. The molecular weight excluding hydrogens is 449 g/mol. The zero-order chi connectivity index (χ0) is 23.1. The Morgan fingerprint density at radius 3 is 2.88 bits per heavy atom. The van der Waals surface area contributed by atoms with Gasteiger partial charge in [-0.05, 0) is 61.1 Å². The number of hydrogen-bond acceptors (Lipinski definition) is 6. The van der Waals surface area contributed by atoms with Gasteiger partial charge in [-0.1, -0.05) is 23.7 Å².